The zero-order valence-electron chi connectivity index (χ0n) is 14.3. The van der Waals surface area contributed by atoms with Gasteiger partial charge in [-0.2, -0.15) is 0 Å². The summed E-state index contributed by atoms with van der Waals surface area (Å²) in [5.74, 6) is 0.249. The standard InChI is InChI=1S/C17H24ClN3O3/c1-11-6-8-21(9-7-11)15-5-4-13(10-14(15)18)20-17(23)19-12(2)16(22)24-3/h4-5,10-12H,6-9H2,1-3H3,(H2,19,20,23). The molecule has 2 N–H and O–H groups in total. The molecule has 0 radical (unpaired) electrons. The first kappa shape index (κ1) is 18.4. The number of hydrogen-bond acceptors (Lipinski definition) is 4. The highest BCUT2D eigenvalue weighted by molar-refractivity contribution is 6.33. The van der Waals surface area contributed by atoms with Gasteiger partial charge in [0.15, 0.2) is 0 Å². The summed E-state index contributed by atoms with van der Waals surface area (Å²) in [6, 6.07) is 4.24. The van der Waals surface area contributed by atoms with E-state index < -0.39 is 18.0 Å². The Morgan fingerprint density at radius 2 is 2.00 bits per heavy atom. The van der Waals surface area contributed by atoms with E-state index in [9.17, 15) is 9.59 Å². The predicted octanol–water partition coefficient (Wildman–Crippen LogP) is 3.26. The van der Waals surface area contributed by atoms with E-state index >= 15 is 0 Å². The average molecular weight is 354 g/mol. The number of urea groups is 1. The maximum absolute atomic E-state index is 11.9. The van der Waals surface area contributed by atoms with E-state index in [4.69, 9.17) is 11.6 Å². The van der Waals surface area contributed by atoms with E-state index in [1.165, 1.54) is 7.11 Å². The summed E-state index contributed by atoms with van der Waals surface area (Å²) in [6.45, 7) is 5.80. The van der Waals surface area contributed by atoms with Crippen molar-refractivity contribution >= 4 is 35.0 Å². The Kier molecular flexibility index (Phi) is 6.31. The fraction of sp³-hybridized carbons (Fsp3) is 0.529. The first-order valence-corrected chi connectivity index (χ1v) is 8.48. The van der Waals surface area contributed by atoms with Crippen LogP contribution in [0.5, 0.6) is 0 Å². The molecule has 24 heavy (non-hydrogen) atoms. The number of ether oxygens (including phenoxy) is 1. The number of carbonyl (C=O) groups is 2. The second-order valence-corrected chi connectivity index (χ2v) is 6.59. The number of carbonyl (C=O) groups excluding carboxylic acids is 2. The monoisotopic (exact) mass is 353 g/mol. The molecule has 1 atom stereocenters. The van der Waals surface area contributed by atoms with Crippen LogP contribution in [0.4, 0.5) is 16.2 Å². The lowest BCUT2D eigenvalue weighted by Crippen LogP contribution is -2.41. The summed E-state index contributed by atoms with van der Waals surface area (Å²) in [6.07, 6.45) is 2.31. The lowest BCUT2D eigenvalue weighted by Gasteiger charge is -2.32. The third-order valence-electron chi connectivity index (χ3n) is 4.23. The quantitative estimate of drug-likeness (QED) is 0.815. The molecule has 132 valence electrons. The molecule has 0 aliphatic carbocycles. The van der Waals surface area contributed by atoms with E-state index in [0.29, 0.717) is 10.7 Å². The van der Waals surface area contributed by atoms with Crippen molar-refractivity contribution in [3.63, 3.8) is 0 Å². The third-order valence-corrected chi connectivity index (χ3v) is 4.53. The zero-order valence-corrected chi connectivity index (χ0v) is 15.0. The molecule has 1 saturated heterocycles. The van der Waals surface area contributed by atoms with E-state index in [0.717, 1.165) is 37.5 Å². The second-order valence-electron chi connectivity index (χ2n) is 6.18. The van der Waals surface area contributed by atoms with Crippen LogP contribution in [0, 0.1) is 5.92 Å². The van der Waals surface area contributed by atoms with Crippen molar-refractivity contribution in [3.8, 4) is 0 Å². The third kappa shape index (κ3) is 4.77. The highest BCUT2D eigenvalue weighted by atomic mass is 35.5. The lowest BCUT2D eigenvalue weighted by molar-refractivity contribution is -0.142. The molecule has 2 rings (SSSR count). The molecule has 0 bridgehead atoms. The number of esters is 1. The predicted molar refractivity (Wildman–Crippen MR) is 95.7 cm³/mol. The molecule has 2 amide bonds. The molecule has 0 aromatic heterocycles. The Morgan fingerprint density at radius 3 is 2.58 bits per heavy atom. The highest BCUT2D eigenvalue weighted by Gasteiger charge is 2.19. The highest BCUT2D eigenvalue weighted by Crippen LogP contribution is 2.31. The molecule has 1 aromatic rings. The van der Waals surface area contributed by atoms with Crippen molar-refractivity contribution in [2.75, 3.05) is 30.4 Å². The number of nitrogens with one attached hydrogen (secondary N) is 2. The van der Waals surface area contributed by atoms with Gasteiger partial charge in [0, 0.05) is 18.8 Å². The van der Waals surface area contributed by atoms with E-state index in [1.54, 1.807) is 13.0 Å². The van der Waals surface area contributed by atoms with Crippen molar-refractivity contribution in [3.05, 3.63) is 23.2 Å². The number of anilines is 2. The van der Waals surface area contributed by atoms with Crippen LogP contribution in [0.3, 0.4) is 0 Å². The van der Waals surface area contributed by atoms with Crippen molar-refractivity contribution in [2.45, 2.75) is 32.7 Å². The van der Waals surface area contributed by atoms with E-state index in [2.05, 4.69) is 27.2 Å². The smallest absolute Gasteiger partial charge is 0.328 e. The molecule has 0 spiro atoms. The minimum Gasteiger partial charge on any atom is -0.467 e. The van der Waals surface area contributed by atoms with Crippen LogP contribution in [0.15, 0.2) is 18.2 Å². The normalized spacial score (nSPS) is 16.4. The van der Waals surface area contributed by atoms with Crippen molar-refractivity contribution < 1.29 is 14.3 Å². The van der Waals surface area contributed by atoms with Crippen molar-refractivity contribution in [2.24, 2.45) is 5.92 Å². The number of piperidine rings is 1. The minimum absolute atomic E-state index is 0.483. The number of methoxy groups -OCH3 is 1. The lowest BCUT2D eigenvalue weighted by atomic mass is 9.99. The SMILES string of the molecule is COC(=O)C(C)NC(=O)Nc1ccc(N2CCC(C)CC2)c(Cl)c1. The average Bonchev–Trinajstić information content (AvgIpc) is 2.55. The molecule has 1 aliphatic heterocycles. The Hall–Kier alpha value is -1.95. The van der Waals surface area contributed by atoms with Gasteiger partial charge in [0.25, 0.3) is 0 Å². The molecule has 0 saturated carbocycles. The Labute approximate surface area is 147 Å². The molecule has 1 aliphatic rings. The summed E-state index contributed by atoms with van der Waals surface area (Å²) >= 11 is 6.37. The first-order valence-electron chi connectivity index (χ1n) is 8.10. The number of halogens is 1. The van der Waals surface area contributed by atoms with Gasteiger partial charge in [0.2, 0.25) is 0 Å². The van der Waals surface area contributed by atoms with Crippen LogP contribution in [-0.4, -0.2) is 38.2 Å². The number of amides is 2. The zero-order chi connectivity index (χ0) is 17.7. The van der Waals surface area contributed by atoms with Gasteiger partial charge in [-0.1, -0.05) is 18.5 Å². The molecule has 1 fully saturated rings. The van der Waals surface area contributed by atoms with Crippen LogP contribution >= 0.6 is 11.6 Å². The van der Waals surface area contributed by atoms with Gasteiger partial charge < -0.3 is 20.3 Å². The Bertz CT molecular complexity index is 601. The van der Waals surface area contributed by atoms with Crippen LogP contribution in [0.25, 0.3) is 0 Å². The molecule has 1 aromatic carbocycles. The van der Waals surface area contributed by atoms with Crippen LogP contribution in [0.1, 0.15) is 26.7 Å². The summed E-state index contributed by atoms with van der Waals surface area (Å²) < 4.78 is 4.56. The van der Waals surface area contributed by atoms with Gasteiger partial charge in [-0.15, -0.1) is 0 Å². The summed E-state index contributed by atoms with van der Waals surface area (Å²) in [7, 11) is 1.28. The molecule has 6 nitrogen and oxygen atoms in total. The van der Waals surface area contributed by atoms with Gasteiger partial charge in [-0.3, -0.25) is 0 Å². The topological polar surface area (TPSA) is 70.7 Å². The number of hydrogen-bond donors (Lipinski definition) is 2. The van der Waals surface area contributed by atoms with Gasteiger partial charge in [-0.25, -0.2) is 9.59 Å². The number of rotatable bonds is 4. The molecular formula is C17H24ClN3O3. The van der Waals surface area contributed by atoms with Gasteiger partial charge in [-0.05, 0) is 43.9 Å². The maximum Gasteiger partial charge on any atom is 0.328 e. The van der Waals surface area contributed by atoms with Crippen molar-refractivity contribution in [1.82, 2.24) is 5.32 Å². The Balaban J connectivity index is 1.96. The fourth-order valence-electron chi connectivity index (χ4n) is 2.69. The van der Waals surface area contributed by atoms with Gasteiger partial charge >= 0.3 is 12.0 Å². The molecular weight excluding hydrogens is 330 g/mol. The van der Waals surface area contributed by atoms with E-state index in [-0.39, 0.29) is 0 Å². The fourth-order valence-corrected chi connectivity index (χ4v) is 2.99. The Morgan fingerprint density at radius 1 is 1.33 bits per heavy atom. The number of nitrogens with zero attached hydrogens (tertiary/aromatic N) is 1. The van der Waals surface area contributed by atoms with Crippen LogP contribution in [0.2, 0.25) is 5.02 Å². The van der Waals surface area contributed by atoms with Gasteiger partial charge in [0.05, 0.1) is 17.8 Å². The number of benzene rings is 1. The largest absolute Gasteiger partial charge is 0.467 e. The first-order chi connectivity index (χ1) is 11.4. The summed E-state index contributed by atoms with van der Waals surface area (Å²) in [4.78, 5) is 25.5. The second kappa shape index (κ2) is 8.24. The van der Waals surface area contributed by atoms with Gasteiger partial charge in [0.1, 0.15) is 6.04 Å². The molecule has 1 unspecified atom stereocenters. The molecule has 7 heteroatoms. The molecule has 1 heterocycles. The van der Waals surface area contributed by atoms with Crippen LogP contribution in [-0.2, 0) is 9.53 Å². The summed E-state index contributed by atoms with van der Waals surface area (Å²) in [5.41, 5.74) is 1.56. The van der Waals surface area contributed by atoms with Crippen LogP contribution < -0.4 is 15.5 Å². The van der Waals surface area contributed by atoms with E-state index in [1.807, 2.05) is 12.1 Å². The minimum atomic E-state index is -0.722. The van der Waals surface area contributed by atoms with Crippen molar-refractivity contribution in [1.29, 1.82) is 0 Å². The maximum atomic E-state index is 11.9. The summed E-state index contributed by atoms with van der Waals surface area (Å²) in [5, 5.41) is 5.77.